The first kappa shape index (κ1) is 36.1. The van der Waals surface area contributed by atoms with Crippen LogP contribution >= 0.6 is 0 Å². The second-order valence-electron chi connectivity index (χ2n) is 11.7. The first-order valence-electron chi connectivity index (χ1n) is 14.9. The lowest BCUT2D eigenvalue weighted by Crippen LogP contribution is -2.59. The molecular formula is C31H39F3N6O6. The van der Waals surface area contributed by atoms with Crippen LogP contribution in [0, 0.1) is 11.8 Å². The fourth-order valence-corrected chi connectivity index (χ4v) is 4.96. The summed E-state index contributed by atoms with van der Waals surface area (Å²) < 4.78 is 45.0. The SMILES string of the molecule is CC(C)[C@H](NC(=O)c1cnccn1)C(=O)N[C@H](C(=O)N1C[C@H](OCc2ccccc2)C[C@H]1C(=O)NC(C=O)CC(F)(F)F)C(C)C. The van der Waals surface area contributed by atoms with E-state index in [0.29, 0.717) is 0 Å². The Morgan fingerprint density at radius 1 is 1.00 bits per heavy atom. The molecule has 1 fully saturated rings. The van der Waals surface area contributed by atoms with Gasteiger partial charge in [0.15, 0.2) is 0 Å². The van der Waals surface area contributed by atoms with Crippen LogP contribution in [0.4, 0.5) is 13.2 Å². The second kappa shape index (κ2) is 16.2. The summed E-state index contributed by atoms with van der Waals surface area (Å²) in [7, 11) is 0. The number of likely N-dealkylation sites (tertiary alicyclic amines) is 1. The third-order valence-electron chi connectivity index (χ3n) is 7.38. The summed E-state index contributed by atoms with van der Waals surface area (Å²) in [6.45, 7) is 6.81. The van der Waals surface area contributed by atoms with Crippen molar-refractivity contribution in [3.8, 4) is 0 Å². The van der Waals surface area contributed by atoms with Gasteiger partial charge in [0.25, 0.3) is 5.91 Å². The highest BCUT2D eigenvalue weighted by Gasteiger charge is 2.44. The molecule has 5 atom stereocenters. The molecule has 0 bridgehead atoms. The summed E-state index contributed by atoms with van der Waals surface area (Å²) >= 11 is 0. The maximum Gasteiger partial charge on any atom is 0.391 e. The van der Waals surface area contributed by atoms with Gasteiger partial charge < -0.3 is 30.4 Å². The number of halogens is 3. The van der Waals surface area contributed by atoms with E-state index in [0.717, 1.165) is 10.5 Å². The zero-order valence-electron chi connectivity index (χ0n) is 26.0. The predicted octanol–water partition coefficient (Wildman–Crippen LogP) is 2.19. The van der Waals surface area contributed by atoms with Crippen molar-refractivity contribution in [3.05, 3.63) is 60.2 Å². The molecule has 250 valence electrons. The predicted molar refractivity (Wildman–Crippen MR) is 159 cm³/mol. The van der Waals surface area contributed by atoms with Crippen LogP contribution in [0.3, 0.4) is 0 Å². The molecule has 1 aliphatic rings. The summed E-state index contributed by atoms with van der Waals surface area (Å²) in [5, 5.41) is 7.40. The van der Waals surface area contributed by atoms with Crippen LogP contribution in [0.5, 0.6) is 0 Å². The molecule has 3 N–H and O–H groups in total. The zero-order chi connectivity index (χ0) is 34.0. The van der Waals surface area contributed by atoms with E-state index in [2.05, 4.69) is 25.9 Å². The van der Waals surface area contributed by atoms with Crippen LogP contribution in [0.1, 0.15) is 56.6 Å². The van der Waals surface area contributed by atoms with Gasteiger partial charge in [-0.15, -0.1) is 0 Å². The van der Waals surface area contributed by atoms with Crippen LogP contribution in [0.25, 0.3) is 0 Å². The van der Waals surface area contributed by atoms with Crippen LogP contribution < -0.4 is 16.0 Å². The molecule has 0 radical (unpaired) electrons. The van der Waals surface area contributed by atoms with E-state index < -0.39 is 78.3 Å². The van der Waals surface area contributed by atoms with Crippen molar-refractivity contribution in [1.29, 1.82) is 0 Å². The molecule has 3 rings (SSSR count). The van der Waals surface area contributed by atoms with Crippen LogP contribution in [-0.2, 0) is 30.5 Å². The molecule has 1 aliphatic heterocycles. The molecule has 4 amide bonds. The summed E-state index contributed by atoms with van der Waals surface area (Å²) in [6, 6.07) is 3.74. The highest BCUT2D eigenvalue weighted by atomic mass is 19.4. The van der Waals surface area contributed by atoms with Gasteiger partial charge in [-0.05, 0) is 17.4 Å². The summed E-state index contributed by atoms with van der Waals surface area (Å²) in [4.78, 5) is 73.8. The molecule has 0 saturated carbocycles. The number of rotatable bonds is 14. The second-order valence-corrected chi connectivity index (χ2v) is 11.7. The van der Waals surface area contributed by atoms with Gasteiger partial charge in [-0.25, -0.2) is 4.98 Å². The van der Waals surface area contributed by atoms with E-state index in [-0.39, 0.29) is 31.6 Å². The Labute approximate surface area is 264 Å². The summed E-state index contributed by atoms with van der Waals surface area (Å²) in [5.74, 6) is -3.84. The molecule has 46 heavy (non-hydrogen) atoms. The lowest BCUT2D eigenvalue weighted by atomic mass is 9.98. The molecular weight excluding hydrogens is 609 g/mol. The first-order chi connectivity index (χ1) is 21.7. The minimum Gasteiger partial charge on any atom is -0.372 e. The standard InChI is InChI=1S/C31H39F3N6O6/c1-18(2)25(38-27(42)23-14-35-10-11-36-23)29(44)39-26(19(3)4)30(45)40-15-22(46-17-20-8-6-5-7-9-20)12-24(40)28(43)37-21(16-41)13-31(32,33)34/h5-11,14,16,18-19,21-22,24-26H,12-13,15,17H2,1-4H3,(H,37,43)(H,38,42)(H,39,44)/t21?,22-,24+,25+,26+/m1/s1. The molecule has 15 heteroatoms. The Balaban J connectivity index is 1.81. The molecule has 1 unspecified atom stereocenters. The number of amides is 4. The fraction of sp³-hybridized carbons (Fsp3) is 0.516. The Morgan fingerprint density at radius 3 is 2.24 bits per heavy atom. The van der Waals surface area contributed by atoms with E-state index in [1.165, 1.54) is 18.6 Å². The van der Waals surface area contributed by atoms with Crippen molar-refractivity contribution in [3.63, 3.8) is 0 Å². The molecule has 12 nitrogen and oxygen atoms in total. The molecule has 1 saturated heterocycles. The van der Waals surface area contributed by atoms with Crippen molar-refractivity contribution in [1.82, 2.24) is 30.8 Å². The summed E-state index contributed by atoms with van der Waals surface area (Å²) in [6.07, 6.45) is -3.06. The lowest BCUT2D eigenvalue weighted by Gasteiger charge is -2.32. The van der Waals surface area contributed by atoms with Gasteiger partial charge in [0.05, 0.1) is 31.4 Å². The quantitative estimate of drug-likeness (QED) is 0.263. The average molecular weight is 649 g/mol. The van der Waals surface area contributed by atoms with E-state index in [4.69, 9.17) is 4.74 Å². The monoisotopic (exact) mass is 648 g/mol. The van der Waals surface area contributed by atoms with Gasteiger partial charge in [-0.2, -0.15) is 13.2 Å². The smallest absolute Gasteiger partial charge is 0.372 e. The van der Waals surface area contributed by atoms with Crippen LogP contribution in [0.2, 0.25) is 0 Å². The molecule has 0 spiro atoms. The average Bonchev–Trinajstić information content (AvgIpc) is 3.45. The third kappa shape index (κ3) is 10.3. The van der Waals surface area contributed by atoms with Crippen LogP contribution in [-0.4, -0.2) is 87.8 Å². The minimum absolute atomic E-state index is 0.00555. The van der Waals surface area contributed by atoms with Crippen molar-refractivity contribution in [2.45, 2.75) is 83.6 Å². The highest BCUT2D eigenvalue weighted by Crippen LogP contribution is 2.26. The van der Waals surface area contributed by atoms with E-state index >= 15 is 0 Å². The number of ether oxygens (including phenoxy) is 1. The number of benzene rings is 1. The maximum atomic E-state index is 14.0. The van der Waals surface area contributed by atoms with E-state index in [9.17, 15) is 37.1 Å². The number of alkyl halides is 3. The van der Waals surface area contributed by atoms with Gasteiger partial charge in [0, 0.05) is 25.4 Å². The molecule has 1 aromatic carbocycles. The van der Waals surface area contributed by atoms with Crippen molar-refractivity contribution < 1.29 is 41.9 Å². The third-order valence-corrected chi connectivity index (χ3v) is 7.38. The molecule has 0 aliphatic carbocycles. The van der Waals surface area contributed by atoms with Gasteiger partial charge in [-0.1, -0.05) is 58.0 Å². The number of aldehydes is 1. The van der Waals surface area contributed by atoms with Crippen molar-refractivity contribution >= 4 is 29.9 Å². The number of aromatic nitrogens is 2. The molecule has 2 heterocycles. The normalized spacial score (nSPS) is 18.5. The van der Waals surface area contributed by atoms with Crippen molar-refractivity contribution in [2.24, 2.45) is 11.8 Å². The minimum atomic E-state index is -4.71. The Bertz CT molecular complexity index is 1350. The van der Waals surface area contributed by atoms with E-state index in [1.807, 2.05) is 30.3 Å². The van der Waals surface area contributed by atoms with Gasteiger partial charge in [-0.3, -0.25) is 24.2 Å². The fourth-order valence-electron chi connectivity index (χ4n) is 4.96. The van der Waals surface area contributed by atoms with E-state index in [1.54, 1.807) is 27.7 Å². The number of carbonyl (C=O) groups is 5. The highest BCUT2D eigenvalue weighted by molar-refractivity contribution is 5.98. The largest absolute Gasteiger partial charge is 0.391 e. The van der Waals surface area contributed by atoms with Gasteiger partial charge in [0.1, 0.15) is 30.1 Å². The molecule has 1 aromatic heterocycles. The zero-order valence-corrected chi connectivity index (χ0v) is 26.0. The van der Waals surface area contributed by atoms with Crippen molar-refractivity contribution in [2.75, 3.05) is 6.54 Å². The first-order valence-corrected chi connectivity index (χ1v) is 14.9. The maximum absolute atomic E-state index is 14.0. The summed E-state index contributed by atoms with van der Waals surface area (Å²) in [5.41, 5.74) is 0.819. The number of hydrogen-bond donors (Lipinski definition) is 3. The van der Waals surface area contributed by atoms with Gasteiger partial charge >= 0.3 is 6.18 Å². The number of nitrogens with zero attached hydrogens (tertiary/aromatic N) is 3. The topological polar surface area (TPSA) is 160 Å². The van der Waals surface area contributed by atoms with Gasteiger partial charge in [0.2, 0.25) is 17.7 Å². The Morgan fingerprint density at radius 2 is 1.67 bits per heavy atom. The number of nitrogens with one attached hydrogen (secondary N) is 3. The number of hydrogen-bond acceptors (Lipinski definition) is 8. The number of carbonyl (C=O) groups excluding carboxylic acids is 5. The Hall–Kier alpha value is -4.40. The molecule has 2 aromatic rings. The van der Waals surface area contributed by atoms with Crippen LogP contribution in [0.15, 0.2) is 48.9 Å². The Kier molecular flexibility index (Phi) is 12.7. The lowest BCUT2D eigenvalue weighted by molar-refractivity contribution is -0.149.